The quantitative estimate of drug-likeness (QED) is 0.639. The van der Waals surface area contributed by atoms with Crippen LogP contribution in [0.3, 0.4) is 0 Å². The highest BCUT2D eigenvalue weighted by Gasteiger charge is 2.31. The minimum atomic E-state index is -2.88. The number of rotatable bonds is 2. The lowest BCUT2D eigenvalue weighted by Gasteiger charge is -2.22. The highest BCUT2D eigenvalue weighted by molar-refractivity contribution is 7.91. The Bertz CT molecular complexity index is 297. The molecule has 0 saturated carbocycles. The molecule has 0 aromatic carbocycles. The van der Waals surface area contributed by atoms with Gasteiger partial charge in [0.15, 0.2) is 9.84 Å². The molecule has 0 aromatic heterocycles. The molecule has 76 valence electrons. The third kappa shape index (κ3) is 2.43. The van der Waals surface area contributed by atoms with Crippen molar-refractivity contribution in [1.82, 2.24) is 4.90 Å². The van der Waals surface area contributed by atoms with E-state index in [1.165, 1.54) is 0 Å². The SMILES string of the molecule is CCC(=O)N(C)[C@@H]1CCS(=O)(=O)C1. The molecule has 0 radical (unpaired) electrons. The van der Waals surface area contributed by atoms with Crippen LogP contribution in [0.2, 0.25) is 0 Å². The molecule has 4 nitrogen and oxygen atoms in total. The van der Waals surface area contributed by atoms with E-state index < -0.39 is 9.84 Å². The van der Waals surface area contributed by atoms with Crippen molar-refractivity contribution in [1.29, 1.82) is 0 Å². The van der Waals surface area contributed by atoms with Gasteiger partial charge in [-0.05, 0) is 6.42 Å². The van der Waals surface area contributed by atoms with Crippen LogP contribution < -0.4 is 0 Å². The van der Waals surface area contributed by atoms with Gasteiger partial charge in [0.2, 0.25) is 5.91 Å². The number of amides is 1. The van der Waals surface area contributed by atoms with E-state index in [2.05, 4.69) is 0 Å². The predicted octanol–water partition coefficient (Wildman–Crippen LogP) is 0.0419. The van der Waals surface area contributed by atoms with Crippen molar-refractivity contribution < 1.29 is 13.2 Å². The molecule has 0 bridgehead atoms. The zero-order valence-electron chi connectivity index (χ0n) is 7.99. The van der Waals surface area contributed by atoms with Crippen LogP contribution >= 0.6 is 0 Å². The summed E-state index contributed by atoms with van der Waals surface area (Å²) in [5.74, 6) is 0.371. The normalized spacial score (nSPS) is 25.8. The zero-order chi connectivity index (χ0) is 10.1. The third-order valence-electron chi connectivity index (χ3n) is 2.45. The van der Waals surface area contributed by atoms with Crippen LogP contribution in [0.4, 0.5) is 0 Å². The number of carbonyl (C=O) groups excluding carboxylic acids is 1. The van der Waals surface area contributed by atoms with E-state index >= 15 is 0 Å². The molecule has 1 heterocycles. The van der Waals surface area contributed by atoms with Gasteiger partial charge in [0.1, 0.15) is 0 Å². The minimum absolute atomic E-state index is 0.0158. The summed E-state index contributed by atoms with van der Waals surface area (Å²) >= 11 is 0. The summed E-state index contributed by atoms with van der Waals surface area (Å²) in [5, 5.41) is 0. The Kier molecular flexibility index (Phi) is 2.95. The predicted molar refractivity (Wildman–Crippen MR) is 50.1 cm³/mol. The Hall–Kier alpha value is -0.580. The van der Waals surface area contributed by atoms with Crippen LogP contribution in [-0.2, 0) is 14.6 Å². The molecule has 1 rings (SSSR count). The second-order valence-electron chi connectivity index (χ2n) is 3.42. The van der Waals surface area contributed by atoms with Crippen LogP contribution in [0, 0.1) is 0 Å². The Balaban J connectivity index is 2.61. The standard InChI is InChI=1S/C8H15NO3S/c1-3-8(10)9(2)7-4-5-13(11,12)6-7/h7H,3-6H2,1-2H3/t7-/m1/s1. The average Bonchev–Trinajstić information content (AvgIpc) is 2.43. The van der Waals surface area contributed by atoms with E-state index in [9.17, 15) is 13.2 Å². The maximum absolute atomic E-state index is 11.2. The highest BCUT2D eigenvalue weighted by Crippen LogP contribution is 2.16. The minimum Gasteiger partial charge on any atom is -0.342 e. The van der Waals surface area contributed by atoms with Gasteiger partial charge in [-0.3, -0.25) is 4.79 Å². The van der Waals surface area contributed by atoms with E-state index in [0.29, 0.717) is 12.8 Å². The molecule has 1 aliphatic heterocycles. The monoisotopic (exact) mass is 205 g/mol. The van der Waals surface area contributed by atoms with Gasteiger partial charge in [-0.25, -0.2) is 8.42 Å². The molecule has 1 fully saturated rings. The molecule has 1 saturated heterocycles. The molecule has 0 N–H and O–H groups in total. The largest absolute Gasteiger partial charge is 0.342 e. The Morgan fingerprint density at radius 3 is 2.54 bits per heavy atom. The molecular weight excluding hydrogens is 190 g/mol. The summed E-state index contributed by atoms with van der Waals surface area (Å²) in [5.41, 5.74) is 0. The Morgan fingerprint density at radius 1 is 1.54 bits per heavy atom. The lowest BCUT2D eigenvalue weighted by Crippen LogP contribution is -2.37. The summed E-state index contributed by atoms with van der Waals surface area (Å²) in [6, 6.07) is -0.0996. The average molecular weight is 205 g/mol. The Labute approximate surface area is 78.8 Å². The van der Waals surface area contributed by atoms with E-state index in [1.54, 1.807) is 18.9 Å². The first-order chi connectivity index (χ1) is 5.96. The fourth-order valence-electron chi connectivity index (χ4n) is 1.53. The van der Waals surface area contributed by atoms with Crippen LogP contribution in [0.25, 0.3) is 0 Å². The fraction of sp³-hybridized carbons (Fsp3) is 0.875. The molecule has 0 spiro atoms. The second-order valence-corrected chi connectivity index (χ2v) is 5.64. The molecule has 0 aliphatic carbocycles. The van der Waals surface area contributed by atoms with Gasteiger partial charge in [-0.15, -0.1) is 0 Å². The van der Waals surface area contributed by atoms with Gasteiger partial charge >= 0.3 is 0 Å². The van der Waals surface area contributed by atoms with Crippen LogP contribution in [-0.4, -0.2) is 43.8 Å². The van der Waals surface area contributed by atoms with Gasteiger partial charge in [-0.2, -0.15) is 0 Å². The van der Waals surface area contributed by atoms with Crippen molar-refractivity contribution in [3.8, 4) is 0 Å². The van der Waals surface area contributed by atoms with Gasteiger partial charge in [-0.1, -0.05) is 6.92 Å². The highest BCUT2D eigenvalue weighted by atomic mass is 32.2. The van der Waals surface area contributed by atoms with E-state index in [-0.39, 0.29) is 23.5 Å². The number of carbonyl (C=O) groups is 1. The molecule has 13 heavy (non-hydrogen) atoms. The molecule has 0 aromatic rings. The van der Waals surface area contributed by atoms with Gasteiger partial charge in [0, 0.05) is 19.5 Å². The van der Waals surface area contributed by atoms with Gasteiger partial charge in [0.25, 0.3) is 0 Å². The molecular formula is C8H15NO3S. The molecule has 1 amide bonds. The number of hydrogen-bond acceptors (Lipinski definition) is 3. The summed E-state index contributed by atoms with van der Waals surface area (Å²) in [6.45, 7) is 1.78. The molecule has 1 aliphatic rings. The van der Waals surface area contributed by atoms with Gasteiger partial charge < -0.3 is 4.90 Å². The zero-order valence-corrected chi connectivity index (χ0v) is 8.80. The van der Waals surface area contributed by atoms with Crippen molar-refractivity contribution in [2.75, 3.05) is 18.6 Å². The van der Waals surface area contributed by atoms with Crippen molar-refractivity contribution in [2.45, 2.75) is 25.8 Å². The topological polar surface area (TPSA) is 54.5 Å². The lowest BCUT2D eigenvalue weighted by atomic mass is 10.2. The van der Waals surface area contributed by atoms with Crippen molar-refractivity contribution in [3.63, 3.8) is 0 Å². The number of hydrogen-bond donors (Lipinski definition) is 0. The summed E-state index contributed by atoms with van der Waals surface area (Å²) < 4.78 is 22.2. The summed E-state index contributed by atoms with van der Waals surface area (Å²) in [7, 11) is -1.20. The van der Waals surface area contributed by atoms with E-state index in [0.717, 1.165) is 0 Å². The van der Waals surface area contributed by atoms with Crippen molar-refractivity contribution in [2.24, 2.45) is 0 Å². The number of sulfone groups is 1. The fourth-order valence-corrected chi connectivity index (χ4v) is 3.31. The van der Waals surface area contributed by atoms with E-state index in [1.807, 2.05) is 0 Å². The smallest absolute Gasteiger partial charge is 0.222 e. The van der Waals surface area contributed by atoms with Crippen molar-refractivity contribution in [3.05, 3.63) is 0 Å². The van der Waals surface area contributed by atoms with Gasteiger partial charge in [0.05, 0.1) is 11.5 Å². The molecule has 5 heteroatoms. The van der Waals surface area contributed by atoms with Crippen LogP contribution in [0.15, 0.2) is 0 Å². The van der Waals surface area contributed by atoms with Crippen LogP contribution in [0.1, 0.15) is 19.8 Å². The first-order valence-electron chi connectivity index (χ1n) is 4.42. The summed E-state index contributed by atoms with van der Waals surface area (Å²) in [6.07, 6.45) is 1.03. The Morgan fingerprint density at radius 2 is 2.15 bits per heavy atom. The third-order valence-corrected chi connectivity index (χ3v) is 4.20. The second kappa shape index (κ2) is 3.65. The first kappa shape index (κ1) is 10.5. The lowest BCUT2D eigenvalue weighted by molar-refractivity contribution is -0.131. The first-order valence-corrected chi connectivity index (χ1v) is 6.24. The maximum atomic E-state index is 11.2. The number of nitrogens with zero attached hydrogens (tertiary/aromatic N) is 1. The summed E-state index contributed by atoms with van der Waals surface area (Å²) in [4.78, 5) is 12.8. The molecule has 0 unspecified atom stereocenters. The van der Waals surface area contributed by atoms with Crippen molar-refractivity contribution >= 4 is 15.7 Å². The van der Waals surface area contributed by atoms with Crippen LogP contribution in [0.5, 0.6) is 0 Å². The molecule has 1 atom stereocenters. The van der Waals surface area contributed by atoms with E-state index in [4.69, 9.17) is 0 Å². The maximum Gasteiger partial charge on any atom is 0.222 e.